The third kappa shape index (κ3) is 1.81. The van der Waals surface area contributed by atoms with Crippen molar-refractivity contribution >= 4 is 0 Å². The molecular weight excluding hydrogens is 268 g/mol. The molecule has 4 bridgehead atoms. The second-order valence-corrected chi connectivity index (χ2v) is 9.28. The highest BCUT2D eigenvalue weighted by Gasteiger charge is 2.53. The maximum absolute atomic E-state index is 9.41. The van der Waals surface area contributed by atoms with Crippen molar-refractivity contribution in [3.8, 4) is 0 Å². The van der Waals surface area contributed by atoms with Gasteiger partial charge in [-0.05, 0) is 90.6 Å². The van der Waals surface area contributed by atoms with Crippen LogP contribution in [-0.2, 0) is 10.8 Å². The standard InChI is InChI=1S/C21H28O/c1-20(12-19(20)13-22)17-2-4-18(5-3-17)21-9-14-6-15(10-21)8-16(7-14)11-21/h2-5,14-16,19,22H,6-13H2,1H3/t14?,15?,16?,19-,20-,21?/m1/s1. The molecule has 0 radical (unpaired) electrons. The average Bonchev–Trinajstić information content (AvgIpc) is 3.18. The number of rotatable bonds is 3. The first kappa shape index (κ1) is 13.6. The molecule has 0 spiro atoms. The molecule has 22 heavy (non-hydrogen) atoms. The maximum atomic E-state index is 9.41. The first-order chi connectivity index (χ1) is 10.6. The number of aliphatic hydroxyl groups is 1. The van der Waals surface area contributed by atoms with Crippen molar-refractivity contribution in [3.63, 3.8) is 0 Å². The fraction of sp³-hybridized carbons (Fsp3) is 0.714. The third-order valence-corrected chi connectivity index (χ3v) is 7.83. The van der Waals surface area contributed by atoms with E-state index in [1.807, 2.05) is 0 Å². The van der Waals surface area contributed by atoms with E-state index >= 15 is 0 Å². The van der Waals surface area contributed by atoms with Crippen LogP contribution in [-0.4, -0.2) is 11.7 Å². The van der Waals surface area contributed by atoms with Gasteiger partial charge in [0.1, 0.15) is 0 Å². The van der Waals surface area contributed by atoms with Crippen LogP contribution in [0.1, 0.15) is 63.0 Å². The van der Waals surface area contributed by atoms with Crippen LogP contribution in [0.25, 0.3) is 0 Å². The monoisotopic (exact) mass is 296 g/mol. The predicted molar refractivity (Wildman–Crippen MR) is 88.8 cm³/mol. The number of hydrogen-bond donors (Lipinski definition) is 1. The molecule has 0 heterocycles. The van der Waals surface area contributed by atoms with E-state index in [-0.39, 0.29) is 5.41 Å². The van der Waals surface area contributed by atoms with Gasteiger partial charge in [0.15, 0.2) is 0 Å². The Labute approximate surface area is 134 Å². The van der Waals surface area contributed by atoms with E-state index in [2.05, 4.69) is 31.2 Å². The summed E-state index contributed by atoms with van der Waals surface area (Å²) in [5.41, 5.74) is 3.84. The average molecular weight is 296 g/mol. The smallest absolute Gasteiger partial charge is 0.0468 e. The van der Waals surface area contributed by atoms with Gasteiger partial charge in [0.05, 0.1) is 0 Å². The Morgan fingerprint density at radius 2 is 1.36 bits per heavy atom. The maximum Gasteiger partial charge on any atom is 0.0468 e. The zero-order valence-corrected chi connectivity index (χ0v) is 13.7. The van der Waals surface area contributed by atoms with Gasteiger partial charge >= 0.3 is 0 Å². The van der Waals surface area contributed by atoms with Crippen molar-refractivity contribution in [1.29, 1.82) is 0 Å². The molecule has 5 aliphatic carbocycles. The summed E-state index contributed by atoms with van der Waals surface area (Å²) in [6.45, 7) is 2.65. The molecule has 2 atom stereocenters. The van der Waals surface area contributed by atoms with Gasteiger partial charge in [-0.1, -0.05) is 31.2 Å². The lowest BCUT2D eigenvalue weighted by atomic mass is 9.48. The quantitative estimate of drug-likeness (QED) is 0.875. The highest BCUT2D eigenvalue weighted by molar-refractivity contribution is 5.38. The van der Waals surface area contributed by atoms with Crippen molar-refractivity contribution < 1.29 is 5.11 Å². The van der Waals surface area contributed by atoms with Crippen molar-refractivity contribution in [3.05, 3.63) is 35.4 Å². The highest BCUT2D eigenvalue weighted by Crippen LogP contribution is 2.61. The van der Waals surface area contributed by atoms with Gasteiger partial charge in [0.25, 0.3) is 0 Å². The Balaban J connectivity index is 1.44. The molecule has 0 aliphatic heterocycles. The van der Waals surface area contributed by atoms with Gasteiger partial charge < -0.3 is 5.11 Å². The molecule has 1 heteroatoms. The van der Waals surface area contributed by atoms with E-state index < -0.39 is 0 Å². The summed E-state index contributed by atoms with van der Waals surface area (Å²) in [6.07, 6.45) is 10.1. The first-order valence-corrected chi connectivity index (χ1v) is 9.33. The lowest BCUT2D eigenvalue weighted by Crippen LogP contribution is -2.48. The van der Waals surface area contributed by atoms with Crippen LogP contribution in [0.2, 0.25) is 0 Å². The van der Waals surface area contributed by atoms with Gasteiger partial charge in [0, 0.05) is 6.61 Å². The van der Waals surface area contributed by atoms with Crippen molar-refractivity contribution in [2.45, 2.75) is 62.7 Å². The van der Waals surface area contributed by atoms with Crippen molar-refractivity contribution in [1.82, 2.24) is 0 Å². The molecule has 0 aromatic heterocycles. The van der Waals surface area contributed by atoms with Crippen LogP contribution in [0.5, 0.6) is 0 Å². The summed E-state index contributed by atoms with van der Waals surface area (Å²) in [5.74, 6) is 3.54. The zero-order valence-electron chi connectivity index (χ0n) is 13.7. The van der Waals surface area contributed by atoms with Gasteiger partial charge in [-0.25, -0.2) is 0 Å². The number of aliphatic hydroxyl groups excluding tert-OH is 1. The Morgan fingerprint density at radius 1 is 0.864 bits per heavy atom. The van der Waals surface area contributed by atoms with Crippen LogP contribution in [0, 0.1) is 23.7 Å². The fourth-order valence-corrected chi connectivity index (χ4v) is 6.74. The molecule has 6 rings (SSSR count). The number of benzene rings is 1. The van der Waals surface area contributed by atoms with Crippen LogP contribution < -0.4 is 0 Å². The second-order valence-electron chi connectivity index (χ2n) is 9.28. The molecule has 1 aromatic rings. The largest absolute Gasteiger partial charge is 0.396 e. The molecule has 0 saturated heterocycles. The Kier molecular flexibility index (Phi) is 2.71. The zero-order chi connectivity index (χ0) is 14.9. The molecule has 5 aliphatic rings. The van der Waals surface area contributed by atoms with E-state index in [0.29, 0.717) is 17.9 Å². The molecular formula is C21H28O. The van der Waals surface area contributed by atoms with Crippen LogP contribution >= 0.6 is 0 Å². The molecule has 0 unspecified atom stereocenters. The van der Waals surface area contributed by atoms with Crippen LogP contribution in [0.15, 0.2) is 24.3 Å². The van der Waals surface area contributed by atoms with Gasteiger partial charge in [-0.3, -0.25) is 0 Å². The molecule has 1 nitrogen and oxygen atoms in total. The molecule has 1 aromatic carbocycles. The molecule has 118 valence electrons. The minimum absolute atomic E-state index is 0.245. The second kappa shape index (κ2) is 4.38. The minimum atomic E-state index is 0.245. The summed E-state index contributed by atoms with van der Waals surface area (Å²) in [7, 11) is 0. The predicted octanol–water partition coefficient (Wildman–Crippen LogP) is 4.42. The van der Waals surface area contributed by atoms with Crippen molar-refractivity contribution in [2.75, 3.05) is 6.61 Å². The summed E-state index contributed by atoms with van der Waals surface area (Å²) in [6, 6.07) is 9.65. The van der Waals surface area contributed by atoms with E-state index in [0.717, 1.165) is 24.2 Å². The van der Waals surface area contributed by atoms with Gasteiger partial charge in [0.2, 0.25) is 0 Å². The lowest BCUT2D eigenvalue weighted by Gasteiger charge is -2.57. The highest BCUT2D eigenvalue weighted by atomic mass is 16.3. The SMILES string of the molecule is C[C@]1(c2ccc(C34CC5CC(CC(C5)C3)C4)cc2)C[C@@H]1CO. The molecule has 5 fully saturated rings. The van der Waals surface area contributed by atoms with Crippen LogP contribution in [0.4, 0.5) is 0 Å². The van der Waals surface area contributed by atoms with Crippen molar-refractivity contribution in [2.24, 2.45) is 23.7 Å². The topological polar surface area (TPSA) is 20.2 Å². The normalized spacial score (nSPS) is 48.6. The van der Waals surface area contributed by atoms with E-state index in [1.54, 1.807) is 5.56 Å². The summed E-state index contributed by atoms with van der Waals surface area (Å²) in [5, 5.41) is 9.41. The van der Waals surface area contributed by atoms with Gasteiger partial charge in [-0.15, -0.1) is 0 Å². The Bertz CT molecular complexity index is 551. The third-order valence-electron chi connectivity index (χ3n) is 7.83. The van der Waals surface area contributed by atoms with Gasteiger partial charge in [-0.2, -0.15) is 0 Å². The summed E-state index contributed by atoms with van der Waals surface area (Å²) < 4.78 is 0. The van der Waals surface area contributed by atoms with E-state index in [1.165, 1.54) is 44.1 Å². The molecule has 5 saturated carbocycles. The summed E-state index contributed by atoms with van der Waals surface area (Å²) in [4.78, 5) is 0. The minimum Gasteiger partial charge on any atom is -0.396 e. The molecule has 0 amide bonds. The lowest BCUT2D eigenvalue weighted by molar-refractivity contribution is -0.00519. The summed E-state index contributed by atoms with van der Waals surface area (Å²) >= 11 is 0. The molecule has 1 N–H and O–H groups in total. The first-order valence-electron chi connectivity index (χ1n) is 9.33. The Hall–Kier alpha value is -0.820. The van der Waals surface area contributed by atoms with E-state index in [9.17, 15) is 5.11 Å². The Morgan fingerprint density at radius 3 is 1.82 bits per heavy atom. The van der Waals surface area contributed by atoms with E-state index in [4.69, 9.17) is 0 Å². The fourth-order valence-electron chi connectivity index (χ4n) is 6.74. The number of hydrogen-bond acceptors (Lipinski definition) is 1. The van der Waals surface area contributed by atoms with Crippen LogP contribution in [0.3, 0.4) is 0 Å².